The standard InChI is InChI=1S/C14H15F4NO/c15-11-5-3-10(4-6-11)13(7-1-2-8-13)12(20)19-9-14(16,17)18/h3-6H,1-2,7-9H2,(H,19,20). The van der Waals surface area contributed by atoms with Crippen LogP contribution in [0.1, 0.15) is 31.2 Å². The Kier molecular flexibility index (Phi) is 4.01. The van der Waals surface area contributed by atoms with E-state index in [2.05, 4.69) is 0 Å². The van der Waals surface area contributed by atoms with Crippen molar-refractivity contribution in [2.75, 3.05) is 6.54 Å². The van der Waals surface area contributed by atoms with Crippen LogP contribution in [0.25, 0.3) is 0 Å². The number of carbonyl (C=O) groups excluding carboxylic acids is 1. The van der Waals surface area contributed by atoms with Gasteiger partial charge >= 0.3 is 6.18 Å². The van der Waals surface area contributed by atoms with Crippen LogP contribution in [0.2, 0.25) is 0 Å². The molecule has 6 heteroatoms. The number of hydrogen-bond acceptors (Lipinski definition) is 1. The maximum absolute atomic E-state index is 13.0. The number of benzene rings is 1. The largest absolute Gasteiger partial charge is 0.405 e. The van der Waals surface area contributed by atoms with Crippen LogP contribution in [-0.2, 0) is 10.2 Å². The van der Waals surface area contributed by atoms with Crippen LogP contribution in [0.3, 0.4) is 0 Å². The number of nitrogens with one attached hydrogen (secondary N) is 1. The lowest BCUT2D eigenvalue weighted by Gasteiger charge is -2.28. The lowest BCUT2D eigenvalue weighted by Crippen LogP contribution is -2.45. The summed E-state index contributed by atoms with van der Waals surface area (Å²) in [6.45, 7) is -1.34. The molecule has 2 nitrogen and oxygen atoms in total. The van der Waals surface area contributed by atoms with E-state index in [1.54, 1.807) is 0 Å². The van der Waals surface area contributed by atoms with E-state index < -0.39 is 29.9 Å². The summed E-state index contributed by atoms with van der Waals surface area (Å²) in [6.07, 6.45) is -1.91. The molecule has 1 aliphatic carbocycles. The van der Waals surface area contributed by atoms with E-state index in [0.29, 0.717) is 18.4 Å². The summed E-state index contributed by atoms with van der Waals surface area (Å²) in [7, 11) is 0. The van der Waals surface area contributed by atoms with Gasteiger partial charge in [-0.2, -0.15) is 13.2 Å². The summed E-state index contributed by atoms with van der Waals surface area (Å²) in [5.74, 6) is -1.06. The molecular weight excluding hydrogens is 274 g/mol. The van der Waals surface area contributed by atoms with Crippen LogP contribution in [0.15, 0.2) is 24.3 Å². The molecule has 1 amide bonds. The van der Waals surface area contributed by atoms with Crippen molar-refractivity contribution in [3.8, 4) is 0 Å². The number of rotatable bonds is 3. The molecule has 0 saturated heterocycles. The monoisotopic (exact) mass is 289 g/mol. The summed E-state index contributed by atoms with van der Waals surface area (Å²) in [4.78, 5) is 12.2. The molecule has 0 heterocycles. The second kappa shape index (κ2) is 5.42. The van der Waals surface area contributed by atoms with Crippen molar-refractivity contribution in [2.24, 2.45) is 0 Å². The van der Waals surface area contributed by atoms with E-state index >= 15 is 0 Å². The number of carbonyl (C=O) groups is 1. The van der Waals surface area contributed by atoms with Gasteiger partial charge in [0.25, 0.3) is 0 Å². The molecule has 1 aliphatic rings. The van der Waals surface area contributed by atoms with E-state index in [9.17, 15) is 22.4 Å². The topological polar surface area (TPSA) is 29.1 Å². The fraction of sp³-hybridized carbons (Fsp3) is 0.500. The zero-order valence-electron chi connectivity index (χ0n) is 10.8. The van der Waals surface area contributed by atoms with Crippen molar-refractivity contribution in [2.45, 2.75) is 37.3 Å². The molecule has 1 N–H and O–H groups in total. The molecule has 0 unspecified atom stereocenters. The highest BCUT2D eigenvalue weighted by Gasteiger charge is 2.43. The summed E-state index contributed by atoms with van der Waals surface area (Å²) in [5, 5.41) is 1.96. The minimum Gasteiger partial charge on any atom is -0.346 e. The smallest absolute Gasteiger partial charge is 0.346 e. The van der Waals surface area contributed by atoms with Crippen molar-refractivity contribution in [1.82, 2.24) is 5.32 Å². The van der Waals surface area contributed by atoms with E-state index in [0.717, 1.165) is 12.8 Å². The summed E-state index contributed by atoms with van der Waals surface area (Å²) in [6, 6.07) is 5.42. The number of halogens is 4. The zero-order valence-corrected chi connectivity index (χ0v) is 10.8. The normalized spacial score (nSPS) is 18.0. The van der Waals surface area contributed by atoms with Crippen LogP contribution < -0.4 is 5.32 Å². The third-order valence-corrected chi connectivity index (χ3v) is 3.74. The Hall–Kier alpha value is -1.59. The van der Waals surface area contributed by atoms with Crippen molar-refractivity contribution in [1.29, 1.82) is 0 Å². The fourth-order valence-electron chi connectivity index (χ4n) is 2.74. The first-order valence-electron chi connectivity index (χ1n) is 6.45. The van der Waals surface area contributed by atoms with Gasteiger partial charge in [0.15, 0.2) is 0 Å². The Balaban J connectivity index is 2.21. The van der Waals surface area contributed by atoms with Gasteiger partial charge in [-0.15, -0.1) is 0 Å². The molecule has 0 radical (unpaired) electrons. The van der Waals surface area contributed by atoms with Gasteiger partial charge in [0.05, 0.1) is 5.41 Å². The molecule has 0 aliphatic heterocycles. The number of hydrogen-bond donors (Lipinski definition) is 1. The molecule has 1 aromatic rings. The van der Waals surface area contributed by atoms with Gasteiger partial charge in [-0.05, 0) is 30.5 Å². The lowest BCUT2D eigenvalue weighted by atomic mass is 9.78. The quantitative estimate of drug-likeness (QED) is 0.850. The second-order valence-corrected chi connectivity index (χ2v) is 5.09. The molecule has 1 aromatic carbocycles. The van der Waals surface area contributed by atoms with Crippen LogP contribution in [0, 0.1) is 5.82 Å². The first-order valence-corrected chi connectivity index (χ1v) is 6.45. The van der Waals surface area contributed by atoms with E-state index in [-0.39, 0.29) is 0 Å². The third-order valence-electron chi connectivity index (χ3n) is 3.74. The second-order valence-electron chi connectivity index (χ2n) is 5.09. The van der Waals surface area contributed by atoms with Crippen LogP contribution in [-0.4, -0.2) is 18.6 Å². The van der Waals surface area contributed by atoms with Crippen molar-refractivity contribution in [3.63, 3.8) is 0 Å². The predicted molar refractivity (Wildman–Crippen MR) is 65.6 cm³/mol. The molecule has 0 bridgehead atoms. The minimum absolute atomic E-state index is 0.433. The van der Waals surface area contributed by atoms with Crippen LogP contribution in [0.5, 0.6) is 0 Å². The molecule has 0 spiro atoms. The molecule has 110 valence electrons. The summed E-state index contributed by atoms with van der Waals surface area (Å²) >= 11 is 0. The molecule has 20 heavy (non-hydrogen) atoms. The fourth-order valence-corrected chi connectivity index (χ4v) is 2.74. The molecule has 2 rings (SSSR count). The molecule has 1 fully saturated rings. The SMILES string of the molecule is O=C(NCC(F)(F)F)C1(c2ccc(F)cc2)CCCC1. The molecular formula is C14H15F4NO. The maximum Gasteiger partial charge on any atom is 0.405 e. The third kappa shape index (κ3) is 3.11. The Labute approximate surface area is 114 Å². The van der Waals surface area contributed by atoms with Crippen molar-refractivity contribution < 1.29 is 22.4 Å². The van der Waals surface area contributed by atoms with Crippen LogP contribution >= 0.6 is 0 Å². The number of amides is 1. The Morgan fingerprint density at radius 2 is 1.70 bits per heavy atom. The van der Waals surface area contributed by atoms with Gasteiger partial charge in [0, 0.05) is 0 Å². The van der Waals surface area contributed by atoms with Gasteiger partial charge in [-0.1, -0.05) is 25.0 Å². The first-order chi connectivity index (χ1) is 9.33. The highest BCUT2D eigenvalue weighted by Crippen LogP contribution is 2.41. The van der Waals surface area contributed by atoms with Crippen LogP contribution in [0.4, 0.5) is 17.6 Å². The Bertz CT molecular complexity index is 475. The number of alkyl halides is 3. The lowest BCUT2D eigenvalue weighted by molar-refractivity contribution is -0.141. The average molecular weight is 289 g/mol. The highest BCUT2D eigenvalue weighted by molar-refractivity contribution is 5.88. The Morgan fingerprint density at radius 1 is 1.15 bits per heavy atom. The molecule has 1 saturated carbocycles. The van der Waals surface area contributed by atoms with Crippen molar-refractivity contribution >= 4 is 5.91 Å². The zero-order chi connectivity index (χ0) is 14.8. The van der Waals surface area contributed by atoms with E-state index in [4.69, 9.17) is 0 Å². The van der Waals surface area contributed by atoms with Gasteiger partial charge in [0.2, 0.25) is 5.91 Å². The highest BCUT2D eigenvalue weighted by atomic mass is 19.4. The van der Waals surface area contributed by atoms with E-state index in [1.165, 1.54) is 24.3 Å². The van der Waals surface area contributed by atoms with Gasteiger partial charge in [-0.25, -0.2) is 4.39 Å². The van der Waals surface area contributed by atoms with E-state index in [1.807, 2.05) is 5.32 Å². The molecule has 0 aromatic heterocycles. The maximum atomic E-state index is 13.0. The van der Waals surface area contributed by atoms with Crippen molar-refractivity contribution in [3.05, 3.63) is 35.6 Å². The average Bonchev–Trinajstić information content (AvgIpc) is 2.86. The van der Waals surface area contributed by atoms with Gasteiger partial charge in [0.1, 0.15) is 12.4 Å². The first kappa shape index (κ1) is 14.8. The Morgan fingerprint density at radius 3 is 2.20 bits per heavy atom. The summed E-state index contributed by atoms with van der Waals surface area (Å²) in [5.41, 5.74) is -0.380. The predicted octanol–water partition coefficient (Wildman–Crippen LogP) is 3.32. The van der Waals surface area contributed by atoms with Gasteiger partial charge in [-0.3, -0.25) is 4.79 Å². The minimum atomic E-state index is -4.43. The van der Waals surface area contributed by atoms with Gasteiger partial charge < -0.3 is 5.32 Å². The molecule has 0 atom stereocenters. The summed E-state index contributed by atoms with van der Waals surface area (Å²) < 4.78 is 49.6.